The van der Waals surface area contributed by atoms with Crippen LogP contribution in [-0.2, 0) is 9.53 Å². The predicted octanol–water partition coefficient (Wildman–Crippen LogP) is 4.56. The van der Waals surface area contributed by atoms with Crippen molar-refractivity contribution in [1.82, 2.24) is 0 Å². The number of ketones is 2. The number of benzene rings is 2. The van der Waals surface area contributed by atoms with Crippen molar-refractivity contribution >= 4 is 49.4 Å². The second-order valence-corrected chi connectivity index (χ2v) is 7.00. The zero-order valence-corrected chi connectivity index (χ0v) is 18.1. The fraction of sp³-hybridized carbons (Fsp3) is 0.211. The molecule has 8 heteroatoms. The Hall–Kier alpha value is -2.19. The summed E-state index contributed by atoms with van der Waals surface area (Å²) in [5.74, 6) is 0.152. The maximum Gasteiger partial charge on any atom is 0.343 e. The van der Waals surface area contributed by atoms with Gasteiger partial charge < -0.3 is 14.6 Å². The zero-order chi connectivity index (χ0) is 20.6. The minimum atomic E-state index is -0.456. The van der Waals surface area contributed by atoms with Crippen LogP contribution < -0.4 is 4.74 Å². The van der Waals surface area contributed by atoms with Crippen LogP contribution in [0.4, 0.5) is 0 Å². The molecule has 1 N–H and O–H groups in total. The van der Waals surface area contributed by atoms with Gasteiger partial charge in [0.15, 0.2) is 18.2 Å². The average molecular weight is 502 g/mol. The van der Waals surface area contributed by atoms with Gasteiger partial charge in [0, 0.05) is 11.1 Å². The zero-order valence-electron chi connectivity index (χ0n) is 14.9. The predicted molar refractivity (Wildman–Crippen MR) is 107 cm³/mol. The van der Waals surface area contributed by atoms with Gasteiger partial charge >= 0.3 is 5.97 Å². The van der Waals surface area contributed by atoms with E-state index in [-0.39, 0.29) is 23.9 Å². The molecule has 0 aliphatic carbocycles. The summed E-state index contributed by atoms with van der Waals surface area (Å²) in [5, 5.41) is 9.07. The second kappa shape index (κ2) is 10.8. The van der Waals surface area contributed by atoms with E-state index in [9.17, 15) is 14.4 Å². The molecule has 0 fully saturated rings. The number of methoxy groups -OCH3 is 1. The number of phenols is 1. The van der Waals surface area contributed by atoms with Crippen LogP contribution in [0.2, 0.25) is 0 Å². The van der Waals surface area contributed by atoms with Crippen molar-refractivity contribution in [3.63, 3.8) is 0 Å². The van der Waals surface area contributed by atoms with Gasteiger partial charge in [0.2, 0.25) is 0 Å². The van der Waals surface area contributed by atoms with Gasteiger partial charge in [-0.15, -0.1) is 0 Å². The number of rotatable bonds is 5. The van der Waals surface area contributed by atoms with Gasteiger partial charge in [-0.05, 0) is 82.1 Å². The molecular formula is C19H18Br2O6. The highest BCUT2D eigenvalue weighted by atomic mass is 79.9. The van der Waals surface area contributed by atoms with E-state index in [0.717, 1.165) is 0 Å². The SMILES string of the molecule is CC(=O)c1ccc(O)c(Br)c1.COC(=O)COc1ccc(C(C)=O)cc1Br. The number of halogens is 2. The van der Waals surface area contributed by atoms with Crippen molar-refractivity contribution in [1.29, 1.82) is 0 Å². The van der Waals surface area contributed by atoms with E-state index in [2.05, 4.69) is 36.6 Å². The third-order valence-corrected chi connectivity index (χ3v) is 4.52. The highest BCUT2D eigenvalue weighted by Crippen LogP contribution is 2.26. The molecule has 0 amide bonds. The first-order chi connectivity index (χ1) is 12.6. The lowest BCUT2D eigenvalue weighted by Gasteiger charge is -2.07. The Morgan fingerprint density at radius 3 is 1.89 bits per heavy atom. The Morgan fingerprint density at radius 1 is 0.926 bits per heavy atom. The van der Waals surface area contributed by atoms with Crippen molar-refractivity contribution < 1.29 is 29.0 Å². The number of carbonyl (C=O) groups excluding carboxylic acids is 3. The number of esters is 1. The summed E-state index contributed by atoms with van der Waals surface area (Å²) in [5.41, 5.74) is 1.17. The quantitative estimate of drug-likeness (QED) is 0.477. The summed E-state index contributed by atoms with van der Waals surface area (Å²) in [6.45, 7) is 2.81. The van der Waals surface area contributed by atoms with Gasteiger partial charge in [-0.3, -0.25) is 9.59 Å². The molecule has 0 saturated heterocycles. The molecule has 0 aromatic heterocycles. The number of aromatic hydroxyl groups is 1. The number of hydrogen-bond acceptors (Lipinski definition) is 6. The van der Waals surface area contributed by atoms with Gasteiger partial charge in [0.25, 0.3) is 0 Å². The Balaban J connectivity index is 0.000000289. The monoisotopic (exact) mass is 500 g/mol. The maximum absolute atomic E-state index is 11.1. The molecule has 2 rings (SSSR count). The standard InChI is InChI=1S/C11H11BrO4.C8H7BrO2/c1-7(13)8-3-4-10(9(12)5-8)16-6-11(14)15-2;1-5(10)6-2-3-8(11)7(9)4-6/h3-5H,6H2,1-2H3;2-4,11H,1H3. The number of carbonyl (C=O) groups is 3. The average Bonchev–Trinajstić information content (AvgIpc) is 2.62. The summed E-state index contributed by atoms with van der Waals surface area (Å²) in [7, 11) is 1.29. The van der Waals surface area contributed by atoms with E-state index >= 15 is 0 Å². The summed E-state index contributed by atoms with van der Waals surface area (Å²) in [6.07, 6.45) is 0. The van der Waals surface area contributed by atoms with E-state index in [0.29, 0.717) is 25.8 Å². The fourth-order valence-corrected chi connectivity index (χ4v) is 2.63. The Labute approximate surface area is 173 Å². The van der Waals surface area contributed by atoms with E-state index in [4.69, 9.17) is 9.84 Å². The van der Waals surface area contributed by atoms with Crippen LogP contribution in [0.15, 0.2) is 45.3 Å². The van der Waals surface area contributed by atoms with Crippen molar-refractivity contribution in [2.24, 2.45) is 0 Å². The first kappa shape index (κ1) is 22.9. The molecule has 0 bridgehead atoms. The summed E-state index contributed by atoms with van der Waals surface area (Å²) in [4.78, 5) is 32.7. The van der Waals surface area contributed by atoms with Crippen LogP contribution >= 0.6 is 31.9 Å². The highest BCUT2D eigenvalue weighted by Gasteiger charge is 2.08. The van der Waals surface area contributed by atoms with E-state index < -0.39 is 5.97 Å². The molecule has 0 unspecified atom stereocenters. The number of hydrogen-bond donors (Lipinski definition) is 1. The number of ether oxygens (including phenoxy) is 2. The fourth-order valence-electron chi connectivity index (χ4n) is 1.76. The molecule has 2 aromatic rings. The van der Waals surface area contributed by atoms with Crippen LogP contribution in [0, 0.1) is 0 Å². The number of phenolic OH excluding ortho intramolecular Hbond substituents is 1. The normalized spacial score (nSPS) is 9.67. The van der Waals surface area contributed by atoms with Crippen molar-refractivity contribution in [2.45, 2.75) is 13.8 Å². The lowest BCUT2D eigenvalue weighted by Crippen LogP contribution is -2.12. The number of Topliss-reactive ketones (excluding diaryl/α,β-unsaturated/α-hetero) is 2. The topological polar surface area (TPSA) is 89.9 Å². The molecule has 0 radical (unpaired) electrons. The van der Waals surface area contributed by atoms with Gasteiger partial charge in [-0.2, -0.15) is 0 Å². The van der Waals surface area contributed by atoms with Crippen molar-refractivity contribution in [2.75, 3.05) is 13.7 Å². The van der Waals surface area contributed by atoms with Crippen LogP contribution in [-0.4, -0.2) is 36.4 Å². The third kappa shape index (κ3) is 7.52. The lowest BCUT2D eigenvalue weighted by molar-refractivity contribution is -0.142. The molecule has 27 heavy (non-hydrogen) atoms. The minimum Gasteiger partial charge on any atom is -0.507 e. The molecule has 0 spiro atoms. The third-order valence-electron chi connectivity index (χ3n) is 3.27. The van der Waals surface area contributed by atoms with Gasteiger partial charge in [-0.25, -0.2) is 4.79 Å². The molecule has 2 aromatic carbocycles. The summed E-state index contributed by atoms with van der Waals surface area (Å²) < 4.78 is 10.8. The van der Waals surface area contributed by atoms with E-state index in [1.54, 1.807) is 30.3 Å². The van der Waals surface area contributed by atoms with Gasteiger partial charge in [0.1, 0.15) is 11.5 Å². The molecule has 0 aliphatic rings. The van der Waals surface area contributed by atoms with Gasteiger partial charge in [-0.1, -0.05) is 0 Å². The smallest absolute Gasteiger partial charge is 0.343 e. The largest absolute Gasteiger partial charge is 0.507 e. The van der Waals surface area contributed by atoms with Crippen LogP contribution in [0.1, 0.15) is 34.6 Å². The maximum atomic E-state index is 11.1. The molecule has 0 atom stereocenters. The first-order valence-electron chi connectivity index (χ1n) is 7.65. The van der Waals surface area contributed by atoms with Crippen LogP contribution in [0.25, 0.3) is 0 Å². The van der Waals surface area contributed by atoms with Crippen LogP contribution in [0.3, 0.4) is 0 Å². The molecule has 0 aliphatic heterocycles. The van der Waals surface area contributed by atoms with Crippen molar-refractivity contribution in [3.05, 3.63) is 56.5 Å². The molecule has 144 valence electrons. The Bertz CT molecular complexity index is 848. The van der Waals surface area contributed by atoms with Crippen LogP contribution in [0.5, 0.6) is 11.5 Å². The Kier molecular flexibility index (Phi) is 9.17. The summed E-state index contributed by atoms with van der Waals surface area (Å²) in [6, 6.07) is 9.58. The van der Waals surface area contributed by atoms with E-state index in [1.807, 2.05) is 0 Å². The van der Waals surface area contributed by atoms with Crippen molar-refractivity contribution in [3.8, 4) is 11.5 Å². The molecular weight excluding hydrogens is 484 g/mol. The highest BCUT2D eigenvalue weighted by molar-refractivity contribution is 9.10. The van der Waals surface area contributed by atoms with E-state index in [1.165, 1.54) is 27.0 Å². The first-order valence-corrected chi connectivity index (χ1v) is 9.23. The minimum absolute atomic E-state index is 0.00861. The second-order valence-electron chi connectivity index (χ2n) is 5.29. The molecule has 0 heterocycles. The Morgan fingerprint density at radius 2 is 1.44 bits per heavy atom. The molecule has 6 nitrogen and oxygen atoms in total. The molecule has 0 saturated carbocycles. The van der Waals surface area contributed by atoms with Gasteiger partial charge in [0.05, 0.1) is 16.1 Å². The lowest BCUT2D eigenvalue weighted by atomic mass is 10.1. The summed E-state index contributed by atoms with van der Waals surface area (Å²) >= 11 is 6.37.